The fraction of sp³-hybridized carbons (Fsp3) is 0.357. The third-order valence-electron chi connectivity index (χ3n) is 3.38. The Balaban J connectivity index is 1.81. The number of hydrogen-bond donors (Lipinski definition) is 2. The van der Waals surface area contributed by atoms with Gasteiger partial charge in [0.05, 0.1) is 10.7 Å². The van der Waals surface area contributed by atoms with Gasteiger partial charge in [0.15, 0.2) is 0 Å². The number of carboxylic acid groups (broad SMARTS) is 1. The first-order valence-corrected chi connectivity index (χ1v) is 7.56. The van der Waals surface area contributed by atoms with Gasteiger partial charge in [0.2, 0.25) is 0 Å². The van der Waals surface area contributed by atoms with Crippen molar-refractivity contribution in [2.45, 2.75) is 25.8 Å². The normalized spacial score (nSPS) is 14.1. The Hall–Kier alpha value is -2.15. The van der Waals surface area contributed by atoms with Crippen molar-refractivity contribution in [3.8, 4) is 11.3 Å². The van der Waals surface area contributed by atoms with E-state index in [4.69, 9.17) is 5.11 Å². The van der Waals surface area contributed by atoms with Crippen LogP contribution in [-0.4, -0.2) is 44.4 Å². The van der Waals surface area contributed by atoms with E-state index in [1.165, 1.54) is 4.90 Å². The van der Waals surface area contributed by atoms with Crippen LogP contribution in [0.2, 0.25) is 0 Å². The van der Waals surface area contributed by atoms with Crippen LogP contribution in [0.25, 0.3) is 11.3 Å². The second-order valence-corrected chi connectivity index (χ2v) is 6.17. The van der Waals surface area contributed by atoms with Crippen molar-refractivity contribution in [3.63, 3.8) is 0 Å². The molecule has 1 amide bonds. The monoisotopic (exact) mass is 305 g/mol. The van der Waals surface area contributed by atoms with Gasteiger partial charge >= 0.3 is 5.97 Å². The average Bonchev–Trinajstić information content (AvgIpc) is 2.98. The molecule has 7 heteroatoms. The van der Waals surface area contributed by atoms with Gasteiger partial charge in [-0.05, 0) is 25.8 Å². The van der Waals surface area contributed by atoms with E-state index in [1.807, 2.05) is 12.3 Å². The smallest absolute Gasteiger partial charge is 0.323 e. The van der Waals surface area contributed by atoms with Crippen molar-refractivity contribution in [3.05, 3.63) is 28.3 Å². The molecule has 0 atom stereocenters. The highest BCUT2D eigenvalue weighted by Crippen LogP contribution is 2.29. The zero-order valence-corrected chi connectivity index (χ0v) is 12.3. The van der Waals surface area contributed by atoms with E-state index >= 15 is 0 Å². The molecule has 1 saturated carbocycles. The minimum atomic E-state index is -0.989. The number of thiazole rings is 1. The Morgan fingerprint density at radius 1 is 1.52 bits per heavy atom. The van der Waals surface area contributed by atoms with Gasteiger partial charge in [-0.25, -0.2) is 4.98 Å². The summed E-state index contributed by atoms with van der Waals surface area (Å²) in [4.78, 5) is 32.0. The highest BCUT2D eigenvalue weighted by atomic mass is 32.1. The van der Waals surface area contributed by atoms with Crippen molar-refractivity contribution < 1.29 is 14.7 Å². The Morgan fingerprint density at radius 2 is 2.29 bits per heavy atom. The topological polar surface area (TPSA) is 86.3 Å². The number of hydrogen-bond acceptors (Lipinski definition) is 4. The standard InChI is InChI=1S/C14H15N3O3S/c1-8-16-12(7-21-8)9-4-11(15-5-9)14(20)17(6-13(18)19)10-2-3-10/h4-5,7,10,15H,2-3,6H2,1H3,(H,18,19). The summed E-state index contributed by atoms with van der Waals surface area (Å²) in [6.07, 6.45) is 3.48. The Bertz CT molecular complexity index is 687. The Kier molecular flexibility index (Phi) is 3.50. The molecule has 21 heavy (non-hydrogen) atoms. The van der Waals surface area contributed by atoms with Gasteiger partial charge < -0.3 is 15.0 Å². The molecule has 0 saturated heterocycles. The van der Waals surface area contributed by atoms with Crippen LogP contribution in [0.15, 0.2) is 17.6 Å². The lowest BCUT2D eigenvalue weighted by molar-refractivity contribution is -0.137. The molecule has 1 fully saturated rings. The van der Waals surface area contributed by atoms with E-state index in [-0.39, 0.29) is 18.5 Å². The SMILES string of the molecule is Cc1nc(-c2c[nH]c(C(=O)N(CC(=O)O)C3CC3)c2)cs1. The Labute approximate surface area is 125 Å². The molecular weight excluding hydrogens is 290 g/mol. The summed E-state index contributed by atoms with van der Waals surface area (Å²) in [6, 6.07) is 1.79. The van der Waals surface area contributed by atoms with E-state index in [9.17, 15) is 9.59 Å². The lowest BCUT2D eigenvalue weighted by atomic mass is 10.2. The molecule has 1 aliphatic carbocycles. The first-order valence-electron chi connectivity index (χ1n) is 6.68. The summed E-state index contributed by atoms with van der Waals surface area (Å²) in [7, 11) is 0. The molecule has 1 aliphatic rings. The molecule has 110 valence electrons. The first-order chi connectivity index (χ1) is 10.0. The third kappa shape index (κ3) is 2.97. The van der Waals surface area contributed by atoms with Crippen molar-refractivity contribution in [1.29, 1.82) is 0 Å². The maximum Gasteiger partial charge on any atom is 0.323 e. The van der Waals surface area contributed by atoms with Crippen LogP contribution in [0.3, 0.4) is 0 Å². The van der Waals surface area contributed by atoms with Gasteiger partial charge in [-0.1, -0.05) is 0 Å². The van der Waals surface area contributed by atoms with Crippen molar-refractivity contribution in [2.24, 2.45) is 0 Å². The molecule has 2 N–H and O–H groups in total. The second kappa shape index (κ2) is 5.33. The summed E-state index contributed by atoms with van der Waals surface area (Å²) >= 11 is 1.55. The molecule has 0 radical (unpaired) electrons. The number of nitrogens with zero attached hydrogens (tertiary/aromatic N) is 2. The predicted octanol–water partition coefficient (Wildman–Crippen LogP) is 2.14. The number of aromatic amines is 1. The molecule has 0 bridgehead atoms. The fourth-order valence-electron chi connectivity index (χ4n) is 2.22. The van der Waals surface area contributed by atoms with Crippen LogP contribution in [0.1, 0.15) is 28.3 Å². The fourth-order valence-corrected chi connectivity index (χ4v) is 2.84. The van der Waals surface area contributed by atoms with Crippen molar-refractivity contribution in [2.75, 3.05) is 6.54 Å². The van der Waals surface area contributed by atoms with Gasteiger partial charge in [-0.2, -0.15) is 0 Å². The van der Waals surface area contributed by atoms with Crippen molar-refractivity contribution >= 4 is 23.2 Å². The number of aliphatic carboxylic acids is 1. The molecule has 2 heterocycles. The summed E-state index contributed by atoms with van der Waals surface area (Å²) in [5, 5.41) is 11.8. The Morgan fingerprint density at radius 3 is 2.86 bits per heavy atom. The van der Waals surface area contributed by atoms with E-state index in [0.29, 0.717) is 5.69 Å². The van der Waals surface area contributed by atoms with E-state index in [2.05, 4.69) is 9.97 Å². The lowest BCUT2D eigenvalue weighted by Crippen LogP contribution is -2.37. The van der Waals surface area contributed by atoms with Crippen molar-refractivity contribution in [1.82, 2.24) is 14.9 Å². The number of H-pyrrole nitrogens is 1. The number of amides is 1. The molecular formula is C14H15N3O3S. The maximum absolute atomic E-state index is 12.4. The molecule has 2 aromatic heterocycles. The van der Waals surface area contributed by atoms with Crippen LogP contribution in [0.5, 0.6) is 0 Å². The highest BCUT2D eigenvalue weighted by Gasteiger charge is 2.34. The molecule has 0 unspecified atom stereocenters. The molecule has 3 rings (SSSR count). The zero-order valence-electron chi connectivity index (χ0n) is 11.5. The van der Waals surface area contributed by atoms with E-state index in [1.54, 1.807) is 23.6 Å². The van der Waals surface area contributed by atoms with Gasteiger partial charge in [-0.15, -0.1) is 11.3 Å². The summed E-state index contributed by atoms with van der Waals surface area (Å²) in [5.74, 6) is -1.25. The molecule has 6 nitrogen and oxygen atoms in total. The van der Waals surface area contributed by atoms with Gasteiger partial charge in [0, 0.05) is 23.2 Å². The number of rotatable bonds is 5. The summed E-state index contributed by atoms with van der Waals surface area (Å²) < 4.78 is 0. The molecule has 0 spiro atoms. The number of nitrogens with one attached hydrogen (secondary N) is 1. The van der Waals surface area contributed by atoms with Crippen LogP contribution in [0.4, 0.5) is 0 Å². The molecule has 2 aromatic rings. The van der Waals surface area contributed by atoms with Gasteiger partial charge in [0.25, 0.3) is 5.91 Å². The van der Waals surface area contributed by atoms with Crippen LogP contribution >= 0.6 is 11.3 Å². The van der Waals surface area contributed by atoms with E-state index in [0.717, 1.165) is 29.1 Å². The third-order valence-corrected chi connectivity index (χ3v) is 4.16. The minimum absolute atomic E-state index is 0.0573. The largest absolute Gasteiger partial charge is 0.480 e. The molecule has 0 aromatic carbocycles. The van der Waals surface area contributed by atoms with Gasteiger partial charge in [-0.3, -0.25) is 9.59 Å². The maximum atomic E-state index is 12.4. The molecule has 0 aliphatic heterocycles. The number of carboxylic acids is 1. The summed E-state index contributed by atoms with van der Waals surface area (Å²) in [5.41, 5.74) is 2.07. The van der Waals surface area contributed by atoms with Crippen LogP contribution in [0, 0.1) is 6.92 Å². The zero-order chi connectivity index (χ0) is 15.0. The number of aryl methyl sites for hydroxylation is 1. The summed E-state index contributed by atoms with van der Waals surface area (Å²) in [6.45, 7) is 1.67. The highest BCUT2D eigenvalue weighted by molar-refractivity contribution is 7.09. The lowest BCUT2D eigenvalue weighted by Gasteiger charge is -2.19. The first kappa shape index (κ1) is 13.8. The quantitative estimate of drug-likeness (QED) is 0.886. The van der Waals surface area contributed by atoms with Crippen LogP contribution < -0.4 is 0 Å². The van der Waals surface area contributed by atoms with Crippen LogP contribution in [-0.2, 0) is 4.79 Å². The minimum Gasteiger partial charge on any atom is -0.480 e. The number of aromatic nitrogens is 2. The number of carbonyl (C=O) groups excluding carboxylic acids is 1. The second-order valence-electron chi connectivity index (χ2n) is 5.11. The van der Waals surface area contributed by atoms with E-state index < -0.39 is 5.97 Å². The number of carbonyl (C=O) groups is 2. The average molecular weight is 305 g/mol. The predicted molar refractivity (Wildman–Crippen MR) is 78.3 cm³/mol. The van der Waals surface area contributed by atoms with Gasteiger partial charge in [0.1, 0.15) is 12.2 Å².